The molecule has 100 valence electrons. The molecule has 3 rings (SSSR count). The lowest BCUT2D eigenvalue weighted by Gasteiger charge is -2.25. The van der Waals surface area contributed by atoms with Gasteiger partial charge in [0.15, 0.2) is 0 Å². The van der Waals surface area contributed by atoms with Crippen molar-refractivity contribution < 1.29 is 4.79 Å². The third-order valence-corrected chi connectivity index (χ3v) is 4.18. The first-order valence-corrected chi connectivity index (χ1v) is 7.51. The van der Waals surface area contributed by atoms with Gasteiger partial charge in [0.25, 0.3) is 0 Å². The second kappa shape index (κ2) is 5.13. The molecule has 0 aliphatic carbocycles. The van der Waals surface area contributed by atoms with Crippen LogP contribution in [0.15, 0.2) is 22.7 Å². The maximum absolute atomic E-state index is 11.3. The van der Waals surface area contributed by atoms with Crippen LogP contribution in [0.4, 0.5) is 0 Å². The number of fused-ring (bicyclic) bond motifs is 1. The Balaban J connectivity index is 2.08. The summed E-state index contributed by atoms with van der Waals surface area (Å²) in [4.78, 5) is 15.8. The summed E-state index contributed by atoms with van der Waals surface area (Å²) >= 11 is 9.46. The number of hydrogen-bond donors (Lipinski definition) is 1. The first-order chi connectivity index (χ1) is 9.19. The predicted octanol–water partition coefficient (Wildman–Crippen LogP) is 2.99. The topological polar surface area (TPSA) is 46.9 Å². The number of aromatic nitrogens is 2. The van der Waals surface area contributed by atoms with E-state index >= 15 is 0 Å². The molecule has 19 heavy (non-hydrogen) atoms. The average molecular weight is 343 g/mol. The molecule has 1 aromatic carbocycles. The van der Waals surface area contributed by atoms with Crippen LogP contribution in [0.2, 0.25) is 0 Å². The van der Waals surface area contributed by atoms with Crippen LogP contribution in [0.5, 0.6) is 0 Å². The van der Waals surface area contributed by atoms with E-state index in [2.05, 4.69) is 30.8 Å². The fourth-order valence-electron chi connectivity index (χ4n) is 2.56. The van der Waals surface area contributed by atoms with Crippen molar-refractivity contribution in [2.24, 2.45) is 0 Å². The van der Waals surface area contributed by atoms with Crippen molar-refractivity contribution in [1.82, 2.24) is 14.9 Å². The van der Waals surface area contributed by atoms with Crippen LogP contribution in [-0.4, -0.2) is 22.0 Å². The van der Waals surface area contributed by atoms with E-state index in [-0.39, 0.29) is 11.9 Å². The zero-order chi connectivity index (χ0) is 13.4. The van der Waals surface area contributed by atoms with Crippen LogP contribution >= 0.6 is 27.5 Å². The number of benzene rings is 1. The zero-order valence-electron chi connectivity index (χ0n) is 10.2. The van der Waals surface area contributed by atoms with Gasteiger partial charge in [0.05, 0.1) is 23.0 Å². The molecule has 1 atom stereocenters. The highest BCUT2D eigenvalue weighted by molar-refractivity contribution is 9.10. The summed E-state index contributed by atoms with van der Waals surface area (Å²) in [5, 5.41) is 2.91. The summed E-state index contributed by atoms with van der Waals surface area (Å²) in [5.41, 5.74) is 2.00. The van der Waals surface area contributed by atoms with Gasteiger partial charge in [-0.05, 0) is 24.6 Å². The van der Waals surface area contributed by atoms with E-state index in [9.17, 15) is 4.79 Å². The Kier molecular flexibility index (Phi) is 3.50. The highest BCUT2D eigenvalue weighted by Gasteiger charge is 2.23. The van der Waals surface area contributed by atoms with Crippen molar-refractivity contribution in [1.29, 1.82) is 0 Å². The number of carbonyl (C=O) groups excluding carboxylic acids is 1. The molecule has 6 heteroatoms. The summed E-state index contributed by atoms with van der Waals surface area (Å²) in [6.07, 6.45) is 1.39. The Morgan fingerprint density at radius 1 is 1.53 bits per heavy atom. The molecule has 1 aliphatic heterocycles. The molecule has 0 bridgehead atoms. The molecule has 0 radical (unpaired) electrons. The van der Waals surface area contributed by atoms with Gasteiger partial charge in [-0.15, -0.1) is 11.6 Å². The van der Waals surface area contributed by atoms with Crippen molar-refractivity contribution in [2.75, 3.05) is 6.54 Å². The molecule has 1 aromatic heterocycles. The van der Waals surface area contributed by atoms with Gasteiger partial charge in [-0.1, -0.05) is 15.9 Å². The lowest BCUT2D eigenvalue weighted by molar-refractivity contribution is -0.122. The lowest BCUT2D eigenvalue weighted by Crippen LogP contribution is -2.36. The first-order valence-electron chi connectivity index (χ1n) is 6.18. The van der Waals surface area contributed by atoms with Gasteiger partial charge < -0.3 is 9.88 Å². The molecular formula is C13H13BrClN3O. The maximum atomic E-state index is 11.3. The van der Waals surface area contributed by atoms with E-state index in [4.69, 9.17) is 11.6 Å². The number of halogens is 2. The van der Waals surface area contributed by atoms with Gasteiger partial charge in [-0.3, -0.25) is 4.79 Å². The molecule has 0 spiro atoms. The Hall–Kier alpha value is -1.07. The number of carbonyl (C=O) groups is 1. The minimum absolute atomic E-state index is 0.121. The Bertz CT molecular complexity index is 630. The lowest BCUT2D eigenvalue weighted by atomic mass is 10.1. The minimum Gasteiger partial charge on any atom is -0.354 e. The number of nitrogens with one attached hydrogen (secondary N) is 1. The second-order valence-electron chi connectivity index (χ2n) is 4.66. The number of hydrogen-bond acceptors (Lipinski definition) is 2. The number of piperidine rings is 1. The summed E-state index contributed by atoms with van der Waals surface area (Å²) in [5.74, 6) is 1.35. The van der Waals surface area contributed by atoms with E-state index < -0.39 is 0 Å². The average Bonchev–Trinajstić information content (AvgIpc) is 2.77. The SMILES string of the molecule is O=C1CCC(n2c(CCl)nc3cc(Br)ccc32)CN1. The smallest absolute Gasteiger partial charge is 0.220 e. The van der Waals surface area contributed by atoms with Crippen molar-refractivity contribution >= 4 is 44.5 Å². The first kappa shape index (κ1) is 12.9. The number of rotatable bonds is 2. The predicted molar refractivity (Wildman–Crippen MR) is 78.3 cm³/mol. The van der Waals surface area contributed by atoms with Crippen LogP contribution in [0.25, 0.3) is 11.0 Å². The Labute approximate surface area is 124 Å². The largest absolute Gasteiger partial charge is 0.354 e. The van der Waals surface area contributed by atoms with E-state index in [1.165, 1.54) is 0 Å². The molecule has 1 amide bonds. The quantitative estimate of drug-likeness (QED) is 0.853. The second-order valence-corrected chi connectivity index (χ2v) is 5.84. The molecule has 4 nitrogen and oxygen atoms in total. The molecule has 1 aliphatic rings. The molecule has 2 heterocycles. The van der Waals surface area contributed by atoms with Crippen molar-refractivity contribution in [3.05, 3.63) is 28.5 Å². The maximum Gasteiger partial charge on any atom is 0.220 e. The minimum atomic E-state index is 0.121. The van der Waals surface area contributed by atoms with Gasteiger partial charge in [-0.25, -0.2) is 4.98 Å². The van der Waals surface area contributed by atoms with Crippen molar-refractivity contribution in [3.8, 4) is 0 Å². The van der Waals surface area contributed by atoms with Gasteiger partial charge >= 0.3 is 0 Å². The molecular weight excluding hydrogens is 330 g/mol. The highest BCUT2D eigenvalue weighted by atomic mass is 79.9. The highest BCUT2D eigenvalue weighted by Crippen LogP contribution is 2.28. The monoisotopic (exact) mass is 341 g/mol. The van der Waals surface area contributed by atoms with Crippen LogP contribution < -0.4 is 5.32 Å². The number of alkyl halides is 1. The molecule has 1 N–H and O–H groups in total. The van der Waals surface area contributed by atoms with Crippen LogP contribution in [0.1, 0.15) is 24.7 Å². The zero-order valence-corrected chi connectivity index (χ0v) is 12.5. The van der Waals surface area contributed by atoms with Crippen LogP contribution in [-0.2, 0) is 10.7 Å². The fraction of sp³-hybridized carbons (Fsp3) is 0.385. The fourth-order valence-corrected chi connectivity index (χ4v) is 3.10. The van der Waals surface area contributed by atoms with Crippen LogP contribution in [0.3, 0.4) is 0 Å². The van der Waals surface area contributed by atoms with E-state index in [0.29, 0.717) is 18.8 Å². The summed E-state index contributed by atoms with van der Waals surface area (Å²) in [7, 11) is 0. The van der Waals surface area contributed by atoms with Gasteiger partial charge in [-0.2, -0.15) is 0 Å². The molecule has 1 saturated heterocycles. The summed E-state index contributed by atoms with van der Waals surface area (Å²) in [6.45, 7) is 0.643. The molecule has 1 unspecified atom stereocenters. The molecule has 2 aromatic rings. The third-order valence-electron chi connectivity index (χ3n) is 3.45. The summed E-state index contributed by atoms with van der Waals surface area (Å²) < 4.78 is 3.16. The summed E-state index contributed by atoms with van der Waals surface area (Å²) in [6, 6.07) is 6.26. The van der Waals surface area contributed by atoms with Crippen molar-refractivity contribution in [2.45, 2.75) is 24.8 Å². The van der Waals surface area contributed by atoms with E-state index in [1.807, 2.05) is 18.2 Å². The number of imidazole rings is 1. The Morgan fingerprint density at radius 3 is 3.05 bits per heavy atom. The third kappa shape index (κ3) is 2.37. The van der Waals surface area contributed by atoms with Gasteiger partial charge in [0.2, 0.25) is 5.91 Å². The van der Waals surface area contributed by atoms with Gasteiger partial charge in [0, 0.05) is 17.4 Å². The van der Waals surface area contributed by atoms with Gasteiger partial charge in [0.1, 0.15) is 5.82 Å². The Morgan fingerprint density at radius 2 is 2.37 bits per heavy atom. The standard InChI is InChI=1S/C13H13BrClN3O/c14-8-1-3-11-10(5-8)17-12(6-15)18(11)9-2-4-13(19)16-7-9/h1,3,5,9H,2,4,6-7H2,(H,16,19). The molecule has 0 saturated carbocycles. The van der Waals surface area contributed by atoms with E-state index in [1.54, 1.807) is 0 Å². The number of amides is 1. The number of nitrogens with zero attached hydrogens (tertiary/aromatic N) is 2. The molecule has 1 fully saturated rings. The van der Waals surface area contributed by atoms with Crippen molar-refractivity contribution in [3.63, 3.8) is 0 Å². The van der Waals surface area contributed by atoms with Crippen LogP contribution in [0, 0.1) is 0 Å². The van der Waals surface area contributed by atoms with E-state index in [0.717, 1.165) is 27.8 Å². The normalized spacial score (nSPS) is 19.7.